The Morgan fingerprint density at radius 1 is 1.19 bits per heavy atom. The van der Waals surface area contributed by atoms with Gasteiger partial charge < -0.3 is 9.64 Å². The highest BCUT2D eigenvalue weighted by molar-refractivity contribution is 9.10. The fourth-order valence-electron chi connectivity index (χ4n) is 3.74. The molecule has 0 unspecified atom stereocenters. The highest BCUT2D eigenvalue weighted by Crippen LogP contribution is 2.37. The smallest absolute Gasteiger partial charge is 0.233 e. The van der Waals surface area contributed by atoms with Crippen LogP contribution in [0.25, 0.3) is 10.2 Å². The summed E-state index contributed by atoms with van der Waals surface area (Å²) in [5, 5.41) is 0.963. The molecule has 1 fully saturated rings. The van der Waals surface area contributed by atoms with Gasteiger partial charge in [-0.3, -0.25) is 4.79 Å². The summed E-state index contributed by atoms with van der Waals surface area (Å²) in [5.74, 6) is 0.146. The van der Waals surface area contributed by atoms with Gasteiger partial charge in [0.05, 0.1) is 22.2 Å². The topological polar surface area (TPSA) is 42.4 Å². The molecule has 0 saturated carbocycles. The summed E-state index contributed by atoms with van der Waals surface area (Å²) in [7, 11) is 1.88. The van der Waals surface area contributed by atoms with Gasteiger partial charge in [0, 0.05) is 24.7 Å². The number of carbonyl (C=O) groups is 1. The first-order chi connectivity index (χ1) is 13.1. The number of nitrogens with zero attached hydrogens (tertiary/aromatic N) is 2. The first-order valence-electron chi connectivity index (χ1n) is 9.02. The number of halogens is 1. The second-order valence-electron chi connectivity index (χ2n) is 6.94. The van der Waals surface area contributed by atoms with Crippen LogP contribution >= 0.6 is 27.3 Å². The predicted molar refractivity (Wildman–Crippen MR) is 112 cm³/mol. The summed E-state index contributed by atoms with van der Waals surface area (Å²) in [6.45, 7) is 1.74. The lowest BCUT2D eigenvalue weighted by Gasteiger charge is -2.39. The van der Waals surface area contributed by atoms with E-state index in [1.165, 1.54) is 0 Å². The number of fused-ring (bicyclic) bond motifs is 1. The molecule has 4 rings (SSSR count). The Balaban J connectivity index is 1.61. The van der Waals surface area contributed by atoms with E-state index in [2.05, 4.69) is 39.1 Å². The van der Waals surface area contributed by atoms with Crippen LogP contribution in [0.4, 0.5) is 0 Å². The number of amides is 1. The zero-order valence-electron chi connectivity index (χ0n) is 15.2. The third-order valence-electron chi connectivity index (χ3n) is 5.21. The van der Waals surface area contributed by atoms with E-state index in [0.717, 1.165) is 25.3 Å². The molecule has 3 aromatic rings. The van der Waals surface area contributed by atoms with Crippen LogP contribution < -0.4 is 0 Å². The van der Waals surface area contributed by atoms with Crippen molar-refractivity contribution in [3.8, 4) is 0 Å². The largest absolute Gasteiger partial charge is 0.381 e. The number of rotatable bonds is 4. The van der Waals surface area contributed by atoms with Crippen molar-refractivity contribution in [1.82, 2.24) is 9.88 Å². The zero-order valence-corrected chi connectivity index (χ0v) is 17.6. The minimum absolute atomic E-state index is 0.146. The third-order valence-corrected chi connectivity index (χ3v) is 6.76. The van der Waals surface area contributed by atoms with Gasteiger partial charge in [-0.25, -0.2) is 4.98 Å². The number of para-hydroxylation sites is 1. The number of aromatic nitrogens is 1. The Bertz CT molecular complexity index is 915. The number of ether oxygens (including phenoxy) is 1. The van der Waals surface area contributed by atoms with Gasteiger partial charge in [0.25, 0.3) is 0 Å². The number of likely N-dealkylation sites (N-methyl/N-ethyl adjacent to an activating group) is 1. The van der Waals surface area contributed by atoms with E-state index >= 15 is 0 Å². The Morgan fingerprint density at radius 2 is 1.89 bits per heavy atom. The molecule has 0 N–H and O–H groups in total. The van der Waals surface area contributed by atoms with Crippen molar-refractivity contribution < 1.29 is 9.53 Å². The zero-order chi connectivity index (χ0) is 18.9. The fraction of sp³-hybridized carbons (Fsp3) is 0.333. The summed E-state index contributed by atoms with van der Waals surface area (Å²) >= 11 is 5.14. The van der Waals surface area contributed by atoms with Gasteiger partial charge in [0.1, 0.15) is 5.01 Å². The molecule has 0 radical (unpaired) electrons. The number of hydrogen-bond donors (Lipinski definition) is 0. The molecule has 0 bridgehead atoms. The van der Waals surface area contributed by atoms with E-state index in [9.17, 15) is 4.79 Å². The third kappa shape index (κ3) is 3.66. The SMILES string of the molecule is CN(Cc1nc2ccccc2s1)C(=O)C1(c2ccc(Br)cc2)CCOCC1. The first-order valence-corrected chi connectivity index (χ1v) is 10.6. The highest BCUT2D eigenvalue weighted by atomic mass is 79.9. The fourth-order valence-corrected chi connectivity index (χ4v) is 5.03. The molecular formula is C21H21BrN2O2S. The second-order valence-corrected chi connectivity index (χ2v) is 8.97. The van der Waals surface area contributed by atoms with Crippen LogP contribution in [-0.2, 0) is 21.5 Å². The van der Waals surface area contributed by atoms with Gasteiger partial charge in [-0.15, -0.1) is 11.3 Å². The number of thiazole rings is 1. The maximum atomic E-state index is 13.6. The summed E-state index contributed by atoms with van der Waals surface area (Å²) in [6, 6.07) is 16.2. The van der Waals surface area contributed by atoms with Gasteiger partial charge in [0.2, 0.25) is 5.91 Å². The average Bonchev–Trinajstić information content (AvgIpc) is 3.10. The molecular weight excluding hydrogens is 424 g/mol. The second kappa shape index (κ2) is 7.70. The normalized spacial score (nSPS) is 16.4. The standard InChI is InChI=1S/C21H21BrN2O2S/c1-24(14-19-23-17-4-2-3-5-18(17)27-19)20(25)21(10-12-26-13-11-21)15-6-8-16(22)9-7-15/h2-9H,10-14H2,1H3. The van der Waals surface area contributed by atoms with Crippen LogP contribution in [0.1, 0.15) is 23.4 Å². The molecule has 4 nitrogen and oxygen atoms in total. The van der Waals surface area contributed by atoms with Gasteiger partial charge >= 0.3 is 0 Å². The van der Waals surface area contributed by atoms with Crippen LogP contribution in [-0.4, -0.2) is 36.1 Å². The van der Waals surface area contributed by atoms with E-state index in [1.807, 2.05) is 42.3 Å². The van der Waals surface area contributed by atoms with E-state index in [0.29, 0.717) is 32.6 Å². The molecule has 1 aromatic heterocycles. The molecule has 0 spiro atoms. The maximum Gasteiger partial charge on any atom is 0.233 e. The summed E-state index contributed by atoms with van der Waals surface area (Å²) in [4.78, 5) is 20.1. The van der Waals surface area contributed by atoms with Crippen molar-refractivity contribution in [1.29, 1.82) is 0 Å². The van der Waals surface area contributed by atoms with Crippen LogP contribution in [0.2, 0.25) is 0 Å². The minimum atomic E-state index is -0.523. The van der Waals surface area contributed by atoms with Crippen molar-refractivity contribution >= 4 is 43.4 Å². The minimum Gasteiger partial charge on any atom is -0.381 e. The van der Waals surface area contributed by atoms with Gasteiger partial charge in [-0.05, 0) is 42.7 Å². The van der Waals surface area contributed by atoms with Crippen molar-refractivity contribution in [3.63, 3.8) is 0 Å². The van der Waals surface area contributed by atoms with Crippen LogP contribution in [0.3, 0.4) is 0 Å². The molecule has 2 heterocycles. The summed E-state index contributed by atoms with van der Waals surface area (Å²) < 4.78 is 7.74. The van der Waals surface area contributed by atoms with Crippen LogP contribution in [0.15, 0.2) is 53.0 Å². The average molecular weight is 445 g/mol. The van der Waals surface area contributed by atoms with Crippen molar-refractivity contribution in [2.24, 2.45) is 0 Å². The van der Waals surface area contributed by atoms with Gasteiger partial charge in [-0.1, -0.05) is 40.2 Å². The number of carbonyl (C=O) groups excluding carboxylic acids is 1. The lowest BCUT2D eigenvalue weighted by atomic mass is 9.73. The molecule has 0 atom stereocenters. The van der Waals surface area contributed by atoms with E-state index < -0.39 is 5.41 Å². The first kappa shape index (κ1) is 18.6. The summed E-state index contributed by atoms with van der Waals surface area (Å²) in [5.41, 5.74) is 1.53. The molecule has 1 aliphatic rings. The Hall–Kier alpha value is -1.76. The van der Waals surface area contributed by atoms with Crippen LogP contribution in [0, 0.1) is 0 Å². The molecule has 1 amide bonds. The molecule has 6 heteroatoms. The van der Waals surface area contributed by atoms with E-state index in [1.54, 1.807) is 11.3 Å². The van der Waals surface area contributed by atoms with Crippen LogP contribution in [0.5, 0.6) is 0 Å². The molecule has 2 aromatic carbocycles. The van der Waals surface area contributed by atoms with Crippen molar-refractivity contribution in [2.75, 3.05) is 20.3 Å². The lowest BCUT2D eigenvalue weighted by molar-refractivity contribution is -0.140. The van der Waals surface area contributed by atoms with E-state index in [4.69, 9.17) is 4.74 Å². The molecule has 27 heavy (non-hydrogen) atoms. The number of benzene rings is 2. The monoisotopic (exact) mass is 444 g/mol. The quantitative estimate of drug-likeness (QED) is 0.581. The number of hydrogen-bond acceptors (Lipinski definition) is 4. The van der Waals surface area contributed by atoms with Crippen molar-refractivity contribution in [3.05, 3.63) is 63.6 Å². The van der Waals surface area contributed by atoms with Crippen molar-refractivity contribution in [2.45, 2.75) is 24.8 Å². The Morgan fingerprint density at radius 3 is 2.59 bits per heavy atom. The molecule has 1 aliphatic heterocycles. The predicted octanol–water partition coefficient (Wildman–Crippen LogP) is 4.77. The van der Waals surface area contributed by atoms with Gasteiger partial charge in [-0.2, -0.15) is 0 Å². The molecule has 140 valence electrons. The van der Waals surface area contributed by atoms with Gasteiger partial charge in [0.15, 0.2) is 0 Å². The highest BCUT2D eigenvalue weighted by Gasteiger charge is 2.43. The molecule has 0 aliphatic carbocycles. The maximum absolute atomic E-state index is 13.6. The Kier molecular flexibility index (Phi) is 5.30. The van der Waals surface area contributed by atoms with E-state index in [-0.39, 0.29) is 5.91 Å². The molecule has 1 saturated heterocycles. The Labute approximate surface area is 171 Å². The summed E-state index contributed by atoms with van der Waals surface area (Å²) in [6.07, 6.45) is 1.41. The lowest BCUT2D eigenvalue weighted by Crippen LogP contribution is -2.48.